The fraction of sp³-hybridized carbons (Fsp3) is 0.795. The molecular weight excluding hydrogens is 566 g/mol. The highest BCUT2D eigenvalue weighted by atomic mass is 15.5. The SMILES string of the molecule is CC(C)CC[C@@H]1CNC(=N)N1C[C@@H]1CCCN1C[C@@H](Cc1ccccc1)N1C[C@@H](C(C)C)N(CC2CCC(C(C)(C)C)CC2)C1=N. The minimum Gasteiger partial charge on any atom is -0.354 e. The van der Waals surface area contributed by atoms with Crippen LogP contribution in [0.1, 0.15) is 105 Å². The zero-order valence-corrected chi connectivity index (χ0v) is 30.4. The van der Waals surface area contributed by atoms with Gasteiger partial charge in [-0.25, -0.2) is 0 Å². The van der Waals surface area contributed by atoms with Gasteiger partial charge in [0.15, 0.2) is 11.9 Å². The maximum Gasteiger partial charge on any atom is 0.194 e. The van der Waals surface area contributed by atoms with E-state index in [-0.39, 0.29) is 6.04 Å². The maximum atomic E-state index is 9.67. The highest BCUT2D eigenvalue weighted by molar-refractivity contribution is 5.80. The van der Waals surface area contributed by atoms with Crippen LogP contribution in [0.25, 0.3) is 0 Å². The first kappa shape index (κ1) is 35.0. The lowest BCUT2D eigenvalue weighted by Crippen LogP contribution is -2.51. The predicted octanol–water partition coefficient (Wildman–Crippen LogP) is 7.14. The summed E-state index contributed by atoms with van der Waals surface area (Å²) in [6.07, 6.45) is 11.0. The van der Waals surface area contributed by atoms with Crippen molar-refractivity contribution in [2.45, 2.75) is 130 Å². The molecule has 0 radical (unpaired) electrons. The molecule has 0 amide bonds. The number of hydrogen-bond donors (Lipinski definition) is 3. The molecule has 3 aliphatic heterocycles. The van der Waals surface area contributed by atoms with Gasteiger partial charge in [0, 0.05) is 50.8 Å². The van der Waals surface area contributed by atoms with Gasteiger partial charge >= 0.3 is 0 Å². The molecule has 7 heteroatoms. The van der Waals surface area contributed by atoms with Crippen molar-refractivity contribution >= 4 is 11.9 Å². The summed E-state index contributed by atoms with van der Waals surface area (Å²) in [7, 11) is 0. The van der Waals surface area contributed by atoms with E-state index in [0.29, 0.717) is 47.3 Å². The molecule has 1 aromatic carbocycles. The van der Waals surface area contributed by atoms with Crippen LogP contribution in [0, 0.1) is 39.9 Å². The molecule has 7 nitrogen and oxygen atoms in total. The molecule has 46 heavy (non-hydrogen) atoms. The number of likely N-dealkylation sites (tertiary alicyclic amines) is 1. The molecular formula is C39H67N7. The highest BCUT2D eigenvalue weighted by Crippen LogP contribution is 2.41. The molecule has 0 spiro atoms. The van der Waals surface area contributed by atoms with Gasteiger partial charge in [0.2, 0.25) is 0 Å². The van der Waals surface area contributed by atoms with Crippen molar-refractivity contribution in [3.63, 3.8) is 0 Å². The van der Waals surface area contributed by atoms with Gasteiger partial charge in [0.25, 0.3) is 0 Å². The second kappa shape index (κ2) is 15.3. The van der Waals surface area contributed by atoms with Crippen molar-refractivity contribution in [1.82, 2.24) is 24.9 Å². The van der Waals surface area contributed by atoms with Gasteiger partial charge < -0.3 is 20.0 Å². The Morgan fingerprint density at radius 3 is 2.26 bits per heavy atom. The van der Waals surface area contributed by atoms with E-state index in [1.807, 2.05) is 0 Å². The molecule has 4 atom stereocenters. The Labute approximate surface area is 281 Å². The van der Waals surface area contributed by atoms with Crippen molar-refractivity contribution in [1.29, 1.82) is 10.8 Å². The number of nitrogens with one attached hydrogen (secondary N) is 3. The van der Waals surface area contributed by atoms with Crippen molar-refractivity contribution < 1.29 is 0 Å². The average Bonchev–Trinajstić information content (AvgIpc) is 3.70. The quantitative estimate of drug-likeness (QED) is 0.216. The first-order valence-corrected chi connectivity index (χ1v) is 18.9. The number of benzene rings is 1. The van der Waals surface area contributed by atoms with Crippen LogP contribution >= 0.6 is 0 Å². The topological polar surface area (TPSA) is 72.7 Å². The zero-order chi connectivity index (χ0) is 33.0. The third-order valence-corrected chi connectivity index (χ3v) is 12.0. The monoisotopic (exact) mass is 634 g/mol. The van der Waals surface area contributed by atoms with Crippen LogP contribution in [0.15, 0.2) is 30.3 Å². The van der Waals surface area contributed by atoms with Crippen molar-refractivity contribution in [2.24, 2.45) is 29.1 Å². The summed E-state index contributed by atoms with van der Waals surface area (Å²) < 4.78 is 0. The molecule has 1 saturated carbocycles. The molecule has 3 saturated heterocycles. The Morgan fingerprint density at radius 1 is 0.891 bits per heavy atom. The molecule has 1 aliphatic carbocycles. The predicted molar refractivity (Wildman–Crippen MR) is 193 cm³/mol. The maximum absolute atomic E-state index is 9.67. The van der Waals surface area contributed by atoms with Gasteiger partial charge in [-0.2, -0.15) is 0 Å². The largest absolute Gasteiger partial charge is 0.354 e. The van der Waals surface area contributed by atoms with Gasteiger partial charge in [-0.15, -0.1) is 0 Å². The van der Waals surface area contributed by atoms with Crippen molar-refractivity contribution in [3.8, 4) is 0 Å². The minimum absolute atomic E-state index is 0.270. The fourth-order valence-corrected chi connectivity index (χ4v) is 8.94. The van der Waals surface area contributed by atoms with Crippen LogP contribution in [0.3, 0.4) is 0 Å². The number of hydrogen-bond acceptors (Lipinski definition) is 3. The van der Waals surface area contributed by atoms with E-state index in [2.05, 4.69) is 104 Å². The van der Waals surface area contributed by atoms with E-state index in [4.69, 9.17) is 5.41 Å². The van der Waals surface area contributed by atoms with Gasteiger partial charge in [-0.1, -0.05) is 78.8 Å². The Balaban J connectivity index is 1.30. The lowest BCUT2D eigenvalue weighted by Gasteiger charge is -2.39. The van der Waals surface area contributed by atoms with Crippen LogP contribution in [0.4, 0.5) is 0 Å². The molecule has 0 aromatic heterocycles. The standard InChI is InChI=1S/C39H67N7/c1-28(2)15-20-33-23-42-37(40)44(33)26-34-14-11-21-43(34)25-35(22-30-12-9-8-10-13-30)45-27-36(29(3)4)46(38(45)41)24-31-16-18-32(19-17-31)39(5,6)7/h8-10,12-13,28-29,31-36,41H,11,14-27H2,1-7H3,(H2,40,42)/t31?,32?,33-,34+,35-,36+/m1/s1. The van der Waals surface area contributed by atoms with Crippen LogP contribution in [-0.2, 0) is 6.42 Å². The molecule has 4 aliphatic rings. The van der Waals surface area contributed by atoms with Crippen LogP contribution in [0.2, 0.25) is 0 Å². The average molecular weight is 634 g/mol. The van der Waals surface area contributed by atoms with E-state index < -0.39 is 0 Å². The minimum atomic E-state index is 0.270. The molecule has 0 unspecified atom stereocenters. The third-order valence-electron chi connectivity index (χ3n) is 12.0. The third kappa shape index (κ3) is 8.59. The summed E-state index contributed by atoms with van der Waals surface area (Å²) >= 11 is 0. The summed E-state index contributed by atoms with van der Waals surface area (Å²) in [5.41, 5.74) is 1.77. The first-order valence-electron chi connectivity index (χ1n) is 18.9. The van der Waals surface area contributed by atoms with Gasteiger partial charge in [0.1, 0.15) is 0 Å². The fourth-order valence-electron chi connectivity index (χ4n) is 8.94. The van der Waals surface area contributed by atoms with E-state index in [0.717, 1.165) is 64.0 Å². The first-order chi connectivity index (χ1) is 21.9. The summed E-state index contributed by atoms with van der Waals surface area (Å²) in [6, 6.07) is 12.6. The number of guanidine groups is 2. The van der Waals surface area contributed by atoms with Crippen LogP contribution in [-0.4, -0.2) is 95.0 Å². The van der Waals surface area contributed by atoms with E-state index in [1.165, 1.54) is 50.5 Å². The number of rotatable bonds is 13. The summed E-state index contributed by atoms with van der Waals surface area (Å²) in [4.78, 5) is 10.1. The lowest BCUT2D eigenvalue weighted by molar-refractivity contribution is 0.130. The summed E-state index contributed by atoms with van der Waals surface area (Å²) in [6.45, 7) is 22.5. The molecule has 4 fully saturated rings. The highest BCUT2D eigenvalue weighted by Gasteiger charge is 2.43. The van der Waals surface area contributed by atoms with E-state index in [9.17, 15) is 5.41 Å². The molecule has 0 bridgehead atoms. The molecule has 1 aromatic rings. The Bertz CT molecular complexity index is 1120. The molecule has 258 valence electrons. The van der Waals surface area contributed by atoms with E-state index >= 15 is 0 Å². The Kier molecular flexibility index (Phi) is 11.7. The van der Waals surface area contributed by atoms with Gasteiger partial charge in [-0.05, 0) is 99.0 Å². The smallest absolute Gasteiger partial charge is 0.194 e. The van der Waals surface area contributed by atoms with E-state index in [1.54, 1.807) is 0 Å². The Morgan fingerprint density at radius 2 is 1.61 bits per heavy atom. The summed E-state index contributed by atoms with van der Waals surface area (Å²) in [5, 5.41) is 21.7. The second-order valence-corrected chi connectivity index (χ2v) is 17.2. The molecule has 3 N–H and O–H groups in total. The lowest BCUT2D eigenvalue weighted by atomic mass is 9.70. The van der Waals surface area contributed by atoms with Crippen molar-refractivity contribution in [3.05, 3.63) is 35.9 Å². The number of nitrogens with zero attached hydrogens (tertiary/aromatic N) is 4. The van der Waals surface area contributed by atoms with Crippen LogP contribution < -0.4 is 5.32 Å². The summed E-state index contributed by atoms with van der Waals surface area (Å²) in [5.74, 6) is 4.13. The van der Waals surface area contributed by atoms with Crippen LogP contribution in [0.5, 0.6) is 0 Å². The molecule has 3 heterocycles. The molecule has 5 rings (SSSR count). The van der Waals surface area contributed by atoms with Gasteiger partial charge in [-0.3, -0.25) is 15.7 Å². The van der Waals surface area contributed by atoms with Crippen molar-refractivity contribution in [2.75, 3.05) is 39.3 Å². The zero-order valence-electron chi connectivity index (χ0n) is 30.4. The normalized spacial score (nSPS) is 28.6. The van der Waals surface area contributed by atoms with Gasteiger partial charge in [0.05, 0.1) is 6.04 Å². The Hall–Kier alpha value is -2.28. The second-order valence-electron chi connectivity index (χ2n) is 17.2.